The van der Waals surface area contributed by atoms with Crippen LogP contribution < -0.4 is 11.1 Å². The van der Waals surface area contributed by atoms with E-state index in [9.17, 15) is 4.79 Å². The molecule has 0 radical (unpaired) electrons. The summed E-state index contributed by atoms with van der Waals surface area (Å²) in [6, 6.07) is 7.81. The second kappa shape index (κ2) is 7.54. The highest BCUT2D eigenvalue weighted by Gasteiger charge is 2.14. The first-order valence-corrected chi connectivity index (χ1v) is 7.12. The van der Waals surface area contributed by atoms with Gasteiger partial charge in [-0.3, -0.25) is 4.79 Å². The molecule has 2 unspecified atom stereocenters. The lowest BCUT2D eigenvalue weighted by molar-refractivity contribution is -0.123. The van der Waals surface area contributed by atoms with Crippen LogP contribution in [0, 0.1) is 0 Å². The maximum atomic E-state index is 11.8. The van der Waals surface area contributed by atoms with Gasteiger partial charge in [-0.1, -0.05) is 41.4 Å². The first kappa shape index (κ1) is 15.2. The lowest BCUT2D eigenvalue weighted by atomic mass is 10.1. The van der Waals surface area contributed by atoms with Crippen LogP contribution in [0.15, 0.2) is 28.7 Å². The van der Waals surface area contributed by atoms with E-state index in [1.54, 1.807) is 0 Å². The van der Waals surface area contributed by atoms with Gasteiger partial charge in [0.05, 0.1) is 6.04 Å². The van der Waals surface area contributed by atoms with Crippen molar-refractivity contribution in [2.75, 3.05) is 0 Å². The molecule has 0 aliphatic rings. The van der Waals surface area contributed by atoms with Crippen molar-refractivity contribution < 1.29 is 4.79 Å². The van der Waals surface area contributed by atoms with Crippen molar-refractivity contribution >= 4 is 21.8 Å². The topological polar surface area (TPSA) is 55.1 Å². The van der Waals surface area contributed by atoms with Crippen molar-refractivity contribution in [3.8, 4) is 0 Å². The summed E-state index contributed by atoms with van der Waals surface area (Å²) in [6.45, 7) is 4.02. The fraction of sp³-hybridized carbons (Fsp3) is 0.500. The molecule has 100 valence electrons. The van der Waals surface area contributed by atoms with Gasteiger partial charge in [0, 0.05) is 10.5 Å². The Balaban J connectivity index is 2.46. The van der Waals surface area contributed by atoms with Gasteiger partial charge >= 0.3 is 0 Å². The average molecular weight is 313 g/mol. The quantitative estimate of drug-likeness (QED) is 0.848. The molecular weight excluding hydrogens is 292 g/mol. The molecule has 0 saturated heterocycles. The summed E-state index contributed by atoms with van der Waals surface area (Å²) in [4.78, 5) is 11.8. The Bertz CT molecular complexity index is 395. The maximum absolute atomic E-state index is 11.8. The van der Waals surface area contributed by atoms with Crippen molar-refractivity contribution in [2.45, 2.75) is 45.2 Å². The molecule has 0 aliphatic carbocycles. The van der Waals surface area contributed by atoms with Gasteiger partial charge in [-0.15, -0.1) is 0 Å². The largest absolute Gasteiger partial charge is 0.352 e. The van der Waals surface area contributed by atoms with Crippen LogP contribution in [-0.2, 0) is 11.2 Å². The van der Waals surface area contributed by atoms with Crippen molar-refractivity contribution in [1.82, 2.24) is 5.32 Å². The molecule has 0 bridgehead atoms. The molecule has 3 N–H and O–H groups in total. The third-order valence-corrected chi connectivity index (χ3v) is 3.25. The van der Waals surface area contributed by atoms with Crippen LogP contribution in [-0.4, -0.2) is 18.0 Å². The van der Waals surface area contributed by atoms with Crippen molar-refractivity contribution in [2.24, 2.45) is 5.73 Å². The predicted molar refractivity (Wildman–Crippen MR) is 78.3 cm³/mol. The Morgan fingerprint density at radius 2 is 2.22 bits per heavy atom. The normalized spacial score (nSPS) is 14.0. The van der Waals surface area contributed by atoms with Gasteiger partial charge in [0.25, 0.3) is 0 Å². The molecule has 0 aromatic heterocycles. The van der Waals surface area contributed by atoms with Crippen LogP contribution in [0.5, 0.6) is 0 Å². The third kappa shape index (κ3) is 5.19. The molecule has 18 heavy (non-hydrogen) atoms. The summed E-state index contributed by atoms with van der Waals surface area (Å²) in [5.41, 5.74) is 6.97. The lowest BCUT2D eigenvalue weighted by Crippen LogP contribution is -2.45. The van der Waals surface area contributed by atoms with E-state index in [-0.39, 0.29) is 18.0 Å². The van der Waals surface area contributed by atoms with E-state index >= 15 is 0 Å². The molecule has 1 amide bonds. The number of nitrogens with two attached hydrogens (primary N) is 1. The number of hydrogen-bond acceptors (Lipinski definition) is 2. The van der Waals surface area contributed by atoms with Gasteiger partial charge in [0.2, 0.25) is 5.91 Å². The van der Waals surface area contributed by atoms with Gasteiger partial charge in [-0.25, -0.2) is 0 Å². The highest BCUT2D eigenvalue weighted by molar-refractivity contribution is 9.10. The van der Waals surface area contributed by atoms with Crippen molar-refractivity contribution in [3.05, 3.63) is 34.3 Å². The van der Waals surface area contributed by atoms with Crippen LogP contribution in [0.3, 0.4) is 0 Å². The number of amides is 1. The van der Waals surface area contributed by atoms with E-state index in [0.717, 1.165) is 23.7 Å². The zero-order chi connectivity index (χ0) is 13.5. The first-order valence-electron chi connectivity index (χ1n) is 6.33. The van der Waals surface area contributed by atoms with Crippen LogP contribution >= 0.6 is 15.9 Å². The molecule has 2 atom stereocenters. The standard InChI is InChI=1S/C14H21BrN2O/c1-3-5-13(16)14(18)17-10(2)8-11-6-4-7-12(15)9-11/h4,6-7,9-10,13H,3,5,8,16H2,1-2H3,(H,17,18). The molecule has 1 aromatic carbocycles. The SMILES string of the molecule is CCCC(N)C(=O)NC(C)Cc1cccc(Br)c1. The highest BCUT2D eigenvalue weighted by atomic mass is 79.9. The Kier molecular flexibility index (Phi) is 6.36. The van der Waals surface area contributed by atoms with Crippen molar-refractivity contribution in [3.63, 3.8) is 0 Å². The van der Waals surface area contributed by atoms with Gasteiger partial charge in [-0.05, 0) is 37.5 Å². The van der Waals surface area contributed by atoms with Crippen LogP contribution in [0.4, 0.5) is 0 Å². The third-order valence-electron chi connectivity index (χ3n) is 2.76. The molecule has 1 aromatic rings. The Morgan fingerprint density at radius 3 is 2.83 bits per heavy atom. The molecule has 0 spiro atoms. The van der Waals surface area contributed by atoms with Crippen LogP contribution in [0.2, 0.25) is 0 Å². The zero-order valence-electron chi connectivity index (χ0n) is 10.9. The summed E-state index contributed by atoms with van der Waals surface area (Å²) >= 11 is 3.44. The Hall–Kier alpha value is -0.870. The van der Waals surface area contributed by atoms with Crippen molar-refractivity contribution in [1.29, 1.82) is 0 Å². The summed E-state index contributed by atoms with van der Waals surface area (Å²) in [6.07, 6.45) is 2.47. The van der Waals surface area contributed by atoms with E-state index < -0.39 is 0 Å². The summed E-state index contributed by atoms with van der Waals surface area (Å²) < 4.78 is 1.06. The second-order valence-electron chi connectivity index (χ2n) is 4.64. The number of rotatable bonds is 6. The maximum Gasteiger partial charge on any atom is 0.237 e. The van der Waals surface area contributed by atoms with Gasteiger partial charge < -0.3 is 11.1 Å². The monoisotopic (exact) mass is 312 g/mol. The number of carbonyl (C=O) groups excluding carboxylic acids is 1. The average Bonchev–Trinajstić information content (AvgIpc) is 2.28. The van der Waals surface area contributed by atoms with E-state index in [2.05, 4.69) is 33.4 Å². The summed E-state index contributed by atoms with van der Waals surface area (Å²) in [7, 11) is 0. The zero-order valence-corrected chi connectivity index (χ0v) is 12.5. The summed E-state index contributed by atoms with van der Waals surface area (Å²) in [5, 5.41) is 2.95. The molecular formula is C14H21BrN2O. The number of benzene rings is 1. The van der Waals surface area contributed by atoms with Gasteiger partial charge in [-0.2, -0.15) is 0 Å². The number of nitrogens with one attached hydrogen (secondary N) is 1. The smallest absolute Gasteiger partial charge is 0.237 e. The van der Waals surface area contributed by atoms with E-state index in [1.165, 1.54) is 5.56 Å². The lowest BCUT2D eigenvalue weighted by Gasteiger charge is -2.17. The van der Waals surface area contributed by atoms with E-state index in [0.29, 0.717) is 0 Å². The second-order valence-corrected chi connectivity index (χ2v) is 5.55. The minimum absolute atomic E-state index is 0.0562. The van der Waals surface area contributed by atoms with Gasteiger partial charge in [0.15, 0.2) is 0 Å². The first-order chi connectivity index (χ1) is 8.52. The molecule has 4 heteroatoms. The van der Waals surface area contributed by atoms with Crippen LogP contribution in [0.25, 0.3) is 0 Å². The van der Waals surface area contributed by atoms with E-state index in [1.807, 2.05) is 26.0 Å². The fourth-order valence-electron chi connectivity index (χ4n) is 1.86. The minimum atomic E-state index is -0.389. The van der Waals surface area contributed by atoms with E-state index in [4.69, 9.17) is 5.73 Å². The Morgan fingerprint density at radius 1 is 1.50 bits per heavy atom. The molecule has 0 fully saturated rings. The molecule has 1 rings (SSSR count). The molecule has 0 aliphatic heterocycles. The molecule has 3 nitrogen and oxygen atoms in total. The van der Waals surface area contributed by atoms with Gasteiger partial charge in [0.1, 0.15) is 0 Å². The number of carbonyl (C=O) groups is 1. The minimum Gasteiger partial charge on any atom is -0.352 e. The summed E-state index contributed by atoms with van der Waals surface area (Å²) in [5.74, 6) is -0.0562. The number of hydrogen-bond donors (Lipinski definition) is 2. The molecule has 0 saturated carbocycles. The molecule has 0 heterocycles. The predicted octanol–water partition coefficient (Wildman–Crippen LogP) is 2.62. The number of halogens is 1. The highest BCUT2D eigenvalue weighted by Crippen LogP contribution is 2.13. The van der Waals surface area contributed by atoms with Crippen LogP contribution in [0.1, 0.15) is 32.3 Å². The fourth-order valence-corrected chi connectivity index (χ4v) is 2.31. The Labute approximate surface area is 117 Å².